The third-order valence-corrected chi connectivity index (χ3v) is 4.82. The van der Waals surface area contributed by atoms with Gasteiger partial charge >= 0.3 is 0 Å². The molecule has 2 aliphatic carbocycles. The number of ether oxygens (including phenoxy) is 1. The number of nitrogens with zero attached hydrogens (tertiary/aromatic N) is 2. The summed E-state index contributed by atoms with van der Waals surface area (Å²) in [6.07, 6.45) is 10.9. The van der Waals surface area contributed by atoms with Gasteiger partial charge in [0, 0.05) is 18.4 Å². The molecule has 0 bridgehead atoms. The molecular weight excluding hydrogens is 250 g/mol. The van der Waals surface area contributed by atoms with E-state index >= 15 is 0 Å². The van der Waals surface area contributed by atoms with Crippen LogP contribution in [0.5, 0.6) is 0 Å². The number of aromatic nitrogens is 2. The van der Waals surface area contributed by atoms with E-state index in [-0.39, 0.29) is 6.10 Å². The Kier molecular flexibility index (Phi) is 4.20. The summed E-state index contributed by atoms with van der Waals surface area (Å²) in [6.45, 7) is 0. The molecule has 1 aromatic heterocycles. The zero-order valence-corrected chi connectivity index (χ0v) is 12.4. The Labute approximate surface area is 121 Å². The highest BCUT2D eigenvalue weighted by molar-refractivity contribution is 5.43. The van der Waals surface area contributed by atoms with Crippen LogP contribution < -0.4 is 5.73 Å². The highest BCUT2D eigenvalue weighted by Gasteiger charge is 2.28. The standard InChI is InChI=1S/C16H25N3O/c1-20-14(11-7-3-2-4-8-11)16-18-13-10-6-5-9-12(13)15(17)19-16/h11,14H,2-10H2,1H3,(H2,17,18,19). The van der Waals surface area contributed by atoms with E-state index in [1.165, 1.54) is 50.5 Å². The SMILES string of the molecule is COC(c1nc(N)c2c(n1)CCCC2)C1CCCCC1. The van der Waals surface area contributed by atoms with Crippen LogP contribution >= 0.6 is 0 Å². The van der Waals surface area contributed by atoms with Gasteiger partial charge in [-0.1, -0.05) is 19.3 Å². The van der Waals surface area contributed by atoms with E-state index in [2.05, 4.69) is 4.98 Å². The maximum absolute atomic E-state index is 6.16. The predicted molar refractivity (Wildman–Crippen MR) is 79.4 cm³/mol. The molecule has 20 heavy (non-hydrogen) atoms. The molecule has 0 amide bonds. The summed E-state index contributed by atoms with van der Waals surface area (Å²) in [4.78, 5) is 9.38. The molecule has 1 aromatic rings. The second-order valence-electron chi connectivity index (χ2n) is 6.15. The first-order valence-corrected chi connectivity index (χ1v) is 7.97. The number of aryl methyl sites for hydroxylation is 1. The van der Waals surface area contributed by atoms with E-state index in [4.69, 9.17) is 15.5 Å². The van der Waals surface area contributed by atoms with Crippen molar-refractivity contribution in [3.8, 4) is 0 Å². The number of rotatable bonds is 3. The molecule has 2 aliphatic rings. The molecule has 0 radical (unpaired) electrons. The van der Waals surface area contributed by atoms with Gasteiger partial charge in [-0.05, 0) is 44.4 Å². The molecule has 1 fully saturated rings. The van der Waals surface area contributed by atoms with Crippen LogP contribution in [0.2, 0.25) is 0 Å². The Morgan fingerprint density at radius 1 is 1.05 bits per heavy atom. The van der Waals surface area contributed by atoms with E-state index in [9.17, 15) is 0 Å². The van der Waals surface area contributed by atoms with Crippen molar-refractivity contribution in [2.24, 2.45) is 5.92 Å². The summed E-state index contributed by atoms with van der Waals surface area (Å²) in [5.41, 5.74) is 8.50. The second-order valence-corrected chi connectivity index (χ2v) is 6.15. The summed E-state index contributed by atoms with van der Waals surface area (Å²) >= 11 is 0. The van der Waals surface area contributed by atoms with Gasteiger partial charge in [0.1, 0.15) is 11.9 Å². The van der Waals surface area contributed by atoms with Gasteiger partial charge in [0.2, 0.25) is 0 Å². The van der Waals surface area contributed by atoms with Gasteiger partial charge in [-0.25, -0.2) is 9.97 Å². The van der Waals surface area contributed by atoms with Crippen LogP contribution in [-0.2, 0) is 17.6 Å². The first kappa shape index (κ1) is 13.8. The average molecular weight is 275 g/mol. The lowest BCUT2D eigenvalue weighted by Crippen LogP contribution is -2.22. The Hall–Kier alpha value is -1.16. The lowest BCUT2D eigenvalue weighted by Gasteiger charge is -2.29. The van der Waals surface area contributed by atoms with Crippen LogP contribution in [0.1, 0.15) is 68.1 Å². The zero-order chi connectivity index (χ0) is 13.9. The molecule has 4 nitrogen and oxygen atoms in total. The first-order chi connectivity index (χ1) is 9.79. The quantitative estimate of drug-likeness (QED) is 0.920. The Morgan fingerprint density at radius 3 is 2.55 bits per heavy atom. The molecule has 4 heteroatoms. The van der Waals surface area contributed by atoms with E-state index < -0.39 is 0 Å². The van der Waals surface area contributed by atoms with Gasteiger partial charge < -0.3 is 10.5 Å². The van der Waals surface area contributed by atoms with Crippen LogP contribution in [-0.4, -0.2) is 17.1 Å². The van der Waals surface area contributed by atoms with Crippen LogP contribution in [0.15, 0.2) is 0 Å². The third-order valence-electron chi connectivity index (χ3n) is 4.82. The number of fused-ring (bicyclic) bond motifs is 1. The molecule has 0 aliphatic heterocycles. The number of anilines is 1. The van der Waals surface area contributed by atoms with E-state index in [1.54, 1.807) is 7.11 Å². The van der Waals surface area contributed by atoms with E-state index in [0.717, 1.165) is 24.4 Å². The molecule has 1 unspecified atom stereocenters. The fourth-order valence-corrected chi connectivity index (χ4v) is 3.72. The van der Waals surface area contributed by atoms with Gasteiger partial charge in [-0.2, -0.15) is 0 Å². The topological polar surface area (TPSA) is 61.0 Å². The second kappa shape index (κ2) is 6.08. The van der Waals surface area contributed by atoms with E-state index in [0.29, 0.717) is 11.7 Å². The molecule has 0 aromatic carbocycles. The van der Waals surface area contributed by atoms with Crippen molar-refractivity contribution in [3.05, 3.63) is 17.1 Å². The van der Waals surface area contributed by atoms with Crippen molar-refractivity contribution in [1.82, 2.24) is 9.97 Å². The van der Waals surface area contributed by atoms with Crippen molar-refractivity contribution in [1.29, 1.82) is 0 Å². The summed E-state index contributed by atoms with van der Waals surface area (Å²) in [6, 6.07) is 0. The Morgan fingerprint density at radius 2 is 1.80 bits per heavy atom. The molecule has 3 rings (SSSR count). The molecule has 1 atom stereocenters. The van der Waals surface area contributed by atoms with Gasteiger partial charge in [0.15, 0.2) is 5.82 Å². The Bertz CT molecular complexity index is 469. The highest BCUT2D eigenvalue weighted by atomic mass is 16.5. The fourth-order valence-electron chi connectivity index (χ4n) is 3.72. The van der Waals surface area contributed by atoms with Gasteiger partial charge in [0.05, 0.1) is 0 Å². The minimum Gasteiger partial charge on any atom is -0.383 e. The van der Waals surface area contributed by atoms with Gasteiger partial charge in [-0.3, -0.25) is 0 Å². The normalized spacial score (nSPS) is 21.4. The summed E-state index contributed by atoms with van der Waals surface area (Å²) in [5.74, 6) is 2.05. The monoisotopic (exact) mass is 275 g/mol. The fraction of sp³-hybridized carbons (Fsp3) is 0.750. The average Bonchev–Trinajstić information content (AvgIpc) is 2.49. The molecule has 110 valence electrons. The number of nitrogen functional groups attached to an aromatic ring is 1. The van der Waals surface area contributed by atoms with Gasteiger partial charge in [-0.15, -0.1) is 0 Å². The van der Waals surface area contributed by atoms with Crippen LogP contribution in [0.4, 0.5) is 5.82 Å². The number of nitrogens with two attached hydrogens (primary N) is 1. The smallest absolute Gasteiger partial charge is 0.160 e. The van der Waals surface area contributed by atoms with Crippen molar-refractivity contribution in [3.63, 3.8) is 0 Å². The molecule has 0 saturated heterocycles. The molecule has 0 spiro atoms. The molecule has 2 N–H and O–H groups in total. The number of methoxy groups -OCH3 is 1. The van der Waals surface area contributed by atoms with Crippen molar-refractivity contribution < 1.29 is 4.74 Å². The summed E-state index contributed by atoms with van der Waals surface area (Å²) in [5, 5.41) is 0. The lowest BCUT2D eigenvalue weighted by atomic mass is 9.84. The van der Waals surface area contributed by atoms with Crippen LogP contribution in [0.25, 0.3) is 0 Å². The van der Waals surface area contributed by atoms with Crippen molar-refractivity contribution in [2.75, 3.05) is 12.8 Å². The van der Waals surface area contributed by atoms with Crippen molar-refractivity contribution >= 4 is 5.82 Å². The highest BCUT2D eigenvalue weighted by Crippen LogP contribution is 2.36. The number of hydrogen-bond acceptors (Lipinski definition) is 4. The summed E-state index contributed by atoms with van der Waals surface area (Å²) < 4.78 is 5.74. The van der Waals surface area contributed by atoms with Crippen LogP contribution in [0, 0.1) is 5.92 Å². The first-order valence-electron chi connectivity index (χ1n) is 7.97. The Balaban J connectivity index is 1.89. The summed E-state index contributed by atoms with van der Waals surface area (Å²) in [7, 11) is 1.78. The van der Waals surface area contributed by atoms with E-state index in [1.807, 2.05) is 0 Å². The predicted octanol–water partition coefficient (Wildman–Crippen LogP) is 3.21. The maximum Gasteiger partial charge on any atom is 0.160 e. The van der Waals surface area contributed by atoms with Crippen LogP contribution in [0.3, 0.4) is 0 Å². The maximum atomic E-state index is 6.16. The molecule has 1 heterocycles. The lowest BCUT2D eigenvalue weighted by molar-refractivity contribution is 0.0288. The van der Waals surface area contributed by atoms with Crippen molar-refractivity contribution in [2.45, 2.75) is 63.9 Å². The minimum atomic E-state index is 0.0184. The molecular formula is C16H25N3O. The van der Waals surface area contributed by atoms with Gasteiger partial charge in [0.25, 0.3) is 0 Å². The minimum absolute atomic E-state index is 0.0184. The number of hydrogen-bond donors (Lipinski definition) is 1. The third kappa shape index (κ3) is 2.66. The zero-order valence-electron chi connectivity index (χ0n) is 12.4. The largest absolute Gasteiger partial charge is 0.383 e. The molecule has 1 saturated carbocycles.